The molecule has 1 aliphatic rings. The molecule has 0 unspecified atom stereocenters. The van der Waals surface area contributed by atoms with Crippen LogP contribution in [0.2, 0.25) is 0 Å². The van der Waals surface area contributed by atoms with Gasteiger partial charge < -0.3 is 10.5 Å². The second kappa shape index (κ2) is 5.83. The number of hydrogen-bond acceptors (Lipinski definition) is 3. The molecule has 17 heavy (non-hydrogen) atoms. The zero-order chi connectivity index (χ0) is 13.1. The fourth-order valence-electron chi connectivity index (χ4n) is 2.80. The molecule has 2 atom stereocenters. The van der Waals surface area contributed by atoms with Crippen molar-refractivity contribution in [2.75, 3.05) is 19.7 Å². The van der Waals surface area contributed by atoms with E-state index < -0.39 is 0 Å². The van der Waals surface area contributed by atoms with Gasteiger partial charge in [0.15, 0.2) is 0 Å². The Morgan fingerprint density at radius 2 is 2.12 bits per heavy atom. The topological polar surface area (TPSA) is 55.6 Å². The van der Waals surface area contributed by atoms with Gasteiger partial charge in [0.1, 0.15) is 0 Å². The van der Waals surface area contributed by atoms with Crippen molar-refractivity contribution in [3.63, 3.8) is 0 Å². The number of rotatable bonds is 7. The third kappa shape index (κ3) is 3.19. The zero-order valence-electron chi connectivity index (χ0n) is 11.5. The normalized spacial score (nSPS) is 26.9. The van der Waals surface area contributed by atoms with Crippen LogP contribution >= 0.6 is 0 Å². The van der Waals surface area contributed by atoms with E-state index in [9.17, 15) is 4.79 Å². The number of hydrogen-bond donors (Lipinski definition) is 1. The molecule has 0 bridgehead atoms. The van der Waals surface area contributed by atoms with Crippen LogP contribution < -0.4 is 5.73 Å². The number of amides is 1. The van der Waals surface area contributed by atoms with Crippen molar-refractivity contribution in [3.05, 3.63) is 0 Å². The van der Waals surface area contributed by atoms with E-state index in [1.165, 1.54) is 0 Å². The molecular weight excluding hydrogens is 216 g/mol. The summed E-state index contributed by atoms with van der Waals surface area (Å²) in [6.07, 6.45) is 2.36. The molecule has 1 fully saturated rings. The molecule has 0 aliphatic heterocycles. The predicted molar refractivity (Wildman–Crippen MR) is 68.7 cm³/mol. The van der Waals surface area contributed by atoms with E-state index in [2.05, 4.69) is 25.7 Å². The molecule has 0 radical (unpaired) electrons. The maximum atomic E-state index is 11.1. The smallest absolute Gasteiger partial charge is 0.231 e. The number of nitrogens with zero attached hydrogens (tertiary/aromatic N) is 1. The molecular formula is C13H26N2O2. The van der Waals surface area contributed by atoms with E-state index in [4.69, 9.17) is 10.5 Å². The third-order valence-corrected chi connectivity index (χ3v) is 3.80. The van der Waals surface area contributed by atoms with E-state index >= 15 is 0 Å². The SMILES string of the molecule is CCCN(CC(N)=O)[C@H]1C[C@H](OCC)C1(C)C. The number of ether oxygens (including phenoxy) is 1. The number of carbonyl (C=O) groups excluding carboxylic acids is 1. The lowest BCUT2D eigenvalue weighted by Gasteiger charge is -2.55. The van der Waals surface area contributed by atoms with Crippen LogP contribution in [0, 0.1) is 5.41 Å². The molecule has 1 amide bonds. The van der Waals surface area contributed by atoms with Gasteiger partial charge in [0.05, 0.1) is 12.6 Å². The van der Waals surface area contributed by atoms with Crippen molar-refractivity contribution in [1.29, 1.82) is 0 Å². The minimum absolute atomic E-state index is 0.112. The predicted octanol–water partition coefficient (Wildman–Crippen LogP) is 1.39. The Morgan fingerprint density at radius 1 is 1.47 bits per heavy atom. The number of carbonyl (C=O) groups is 1. The van der Waals surface area contributed by atoms with Crippen molar-refractivity contribution in [2.24, 2.45) is 11.1 Å². The standard InChI is InChI=1S/C13H26N2O2/c1-5-7-15(9-12(14)16)10-8-11(17-6-2)13(10,3)4/h10-11H,5-9H2,1-4H3,(H2,14,16)/t10-,11-/m0/s1. The van der Waals surface area contributed by atoms with Crippen molar-refractivity contribution in [2.45, 2.75) is 52.7 Å². The van der Waals surface area contributed by atoms with Crippen molar-refractivity contribution in [3.8, 4) is 0 Å². The van der Waals surface area contributed by atoms with E-state index in [0.717, 1.165) is 26.0 Å². The Morgan fingerprint density at radius 3 is 2.53 bits per heavy atom. The van der Waals surface area contributed by atoms with Gasteiger partial charge in [-0.2, -0.15) is 0 Å². The summed E-state index contributed by atoms with van der Waals surface area (Å²) in [4.78, 5) is 13.3. The second-order valence-electron chi connectivity index (χ2n) is 5.45. The van der Waals surface area contributed by atoms with E-state index in [1.54, 1.807) is 0 Å². The Bertz CT molecular complexity index is 266. The Labute approximate surface area is 104 Å². The first-order chi connectivity index (χ1) is 7.93. The number of primary amides is 1. The van der Waals surface area contributed by atoms with E-state index in [-0.39, 0.29) is 11.3 Å². The van der Waals surface area contributed by atoms with E-state index in [1.807, 2.05) is 6.92 Å². The highest BCUT2D eigenvalue weighted by molar-refractivity contribution is 5.76. The monoisotopic (exact) mass is 242 g/mol. The average molecular weight is 242 g/mol. The first-order valence-electron chi connectivity index (χ1n) is 6.57. The Kier molecular flexibility index (Phi) is 4.95. The first-order valence-corrected chi connectivity index (χ1v) is 6.57. The molecule has 4 heteroatoms. The second-order valence-corrected chi connectivity index (χ2v) is 5.45. The minimum Gasteiger partial charge on any atom is -0.378 e. The molecule has 0 aromatic rings. The summed E-state index contributed by atoms with van der Waals surface area (Å²) in [6.45, 7) is 10.6. The minimum atomic E-state index is -0.242. The average Bonchev–Trinajstić information content (AvgIpc) is 2.22. The van der Waals surface area contributed by atoms with Crippen molar-refractivity contribution >= 4 is 5.91 Å². The highest BCUT2D eigenvalue weighted by Gasteiger charge is 2.51. The molecule has 0 saturated heterocycles. The quantitative estimate of drug-likeness (QED) is 0.734. The van der Waals surface area contributed by atoms with Crippen LogP contribution in [0.15, 0.2) is 0 Å². The van der Waals surface area contributed by atoms with Gasteiger partial charge in [0.2, 0.25) is 5.91 Å². The lowest BCUT2D eigenvalue weighted by molar-refractivity contribution is -0.153. The Hall–Kier alpha value is -0.610. The van der Waals surface area contributed by atoms with Gasteiger partial charge >= 0.3 is 0 Å². The number of nitrogens with two attached hydrogens (primary N) is 1. The molecule has 0 aromatic heterocycles. The highest BCUT2D eigenvalue weighted by Crippen LogP contribution is 2.45. The van der Waals surface area contributed by atoms with Crippen LogP contribution in [-0.2, 0) is 9.53 Å². The molecule has 1 rings (SSSR count). The van der Waals surface area contributed by atoms with Gasteiger partial charge in [0.25, 0.3) is 0 Å². The maximum absolute atomic E-state index is 11.1. The summed E-state index contributed by atoms with van der Waals surface area (Å²) in [7, 11) is 0. The van der Waals surface area contributed by atoms with Crippen LogP contribution in [0.25, 0.3) is 0 Å². The third-order valence-electron chi connectivity index (χ3n) is 3.80. The zero-order valence-corrected chi connectivity index (χ0v) is 11.5. The summed E-state index contributed by atoms with van der Waals surface area (Å²) in [5.74, 6) is -0.242. The molecule has 2 N–H and O–H groups in total. The molecule has 100 valence electrons. The van der Waals surface area contributed by atoms with Crippen molar-refractivity contribution in [1.82, 2.24) is 4.90 Å². The van der Waals surface area contributed by atoms with Gasteiger partial charge in [-0.1, -0.05) is 20.8 Å². The summed E-state index contributed by atoms with van der Waals surface area (Å²) < 4.78 is 5.71. The maximum Gasteiger partial charge on any atom is 0.231 e. The fraction of sp³-hybridized carbons (Fsp3) is 0.923. The van der Waals surface area contributed by atoms with E-state index in [0.29, 0.717) is 18.7 Å². The largest absolute Gasteiger partial charge is 0.378 e. The molecule has 1 aliphatic carbocycles. The molecule has 0 aromatic carbocycles. The summed E-state index contributed by atoms with van der Waals surface area (Å²) in [5, 5.41) is 0. The van der Waals surface area contributed by atoms with Crippen LogP contribution in [-0.4, -0.2) is 42.6 Å². The molecule has 0 spiro atoms. The molecule has 4 nitrogen and oxygen atoms in total. The van der Waals surface area contributed by atoms with Gasteiger partial charge in [-0.3, -0.25) is 9.69 Å². The summed E-state index contributed by atoms with van der Waals surface area (Å²) in [5.41, 5.74) is 5.42. The van der Waals surface area contributed by atoms with Gasteiger partial charge in [-0.15, -0.1) is 0 Å². The lowest BCUT2D eigenvalue weighted by Crippen LogP contribution is -2.63. The molecule has 0 heterocycles. The van der Waals surface area contributed by atoms with Crippen molar-refractivity contribution < 1.29 is 9.53 Å². The van der Waals surface area contributed by atoms with Crippen LogP contribution in [0.3, 0.4) is 0 Å². The van der Waals surface area contributed by atoms with Crippen LogP contribution in [0.1, 0.15) is 40.5 Å². The highest BCUT2D eigenvalue weighted by atomic mass is 16.5. The first kappa shape index (κ1) is 14.5. The molecule has 1 saturated carbocycles. The lowest BCUT2D eigenvalue weighted by atomic mass is 9.63. The van der Waals surface area contributed by atoms with Crippen LogP contribution in [0.5, 0.6) is 0 Å². The summed E-state index contributed by atoms with van der Waals surface area (Å²) >= 11 is 0. The van der Waals surface area contributed by atoms with Gasteiger partial charge in [0, 0.05) is 18.1 Å². The fourth-order valence-corrected chi connectivity index (χ4v) is 2.80. The van der Waals surface area contributed by atoms with Gasteiger partial charge in [-0.05, 0) is 26.3 Å². The Balaban J connectivity index is 2.61. The van der Waals surface area contributed by atoms with Crippen LogP contribution in [0.4, 0.5) is 0 Å². The summed E-state index contributed by atoms with van der Waals surface area (Å²) in [6, 6.07) is 0.409. The van der Waals surface area contributed by atoms with Gasteiger partial charge in [-0.25, -0.2) is 0 Å².